The molecule has 4 rings (SSSR count). The van der Waals surface area contributed by atoms with Crippen LogP contribution in [0.2, 0.25) is 5.02 Å². The van der Waals surface area contributed by atoms with Gasteiger partial charge in [0, 0.05) is 10.4 Å². The number of nitrogens with zero attached hydrogens (tertiary/aromatic N) is 3. The fourth-order valence-electron chi connectivity index (χ4n) is 3.03. The number of rotatable bonds is 5. The number of esters is 1. The summed E-state index contributed by atoms with van der Waals surface area (Å²) in [6.45, 7) is 6.23. The van der Waals surface area contributed by atoms with E-state index in [2.05, 4.69) is 10.3 Å². The Kier molecular flexibility index (Phi) is 4.95. The van der Waals surface area contributed by atoms with Gasteiger partial charge in [0.25, 0.3) is 0 Å². The summed E-state index contributed by atoms with van der Waals surface area (Å²) in [5.74, 6) is 0.290. The van der Waals surface area contributed by atoms with Crippen LogP contribution in [0, 0.1) is 20.8 Å². The molecule has 0 bridgehead atoms. The van der Waals surface area contributed by atoms with E-state index in [4.69, 9.17) is 20.9 Å². The van der Waals surface area contributed by atoms with Gasteiger partial charge in [-0.2, -0.15) is 5.10 Å². The van der Waals surface area contributed by atoms with Gasteiger partial charge in [0.1, 0.15) is 22.1 Å². The normalized spacial score (nSPS) is 11.3. The van der Waals surface area contributed by atoms with Gasteiger partial charge in [0.2, 0.25) is 0 Å². The summed E-state index contributed by atoms with van der Waals surface area (Å²) in [7, 11) is 0. The van der Waals surface area contributed by atoms with Crippen LogP contribution in [0.25, 0.3) is 10.2 Å². The second-order valence-corrected chi connectivity index (χ2v) is 7.98. The summed E-state index contributed by atoms with van der Waals surface area (Å²) in [4.78, 5) is 14.0. The zero-order valence-electron chi connectivity index (χ0n) is 15.7. The number of carbonyl (C=O) groups excluding carboxylic acids is 1. The molecule has 3 heterocycles. The van der Waals surface area contributed by atoms with Crippen molar-refractivity contribution < 1.29 is 14.1 Å². The number of benzene rings is 1. The molecule has 0 aliphatic rings. The molecule has 0 unspecified atom stereocenters. The Balaban J connectivity index is 1.57. The molecule has 1 aromatic carbocycles. The lowest BCUT2D eigenvalue weighted by Crippen LogP contribution is -2.04. The van der Waals surface area contributed by atoms with Gasteiger partial charge in [-0.25, -0.2) is 4.79 Å². The van der Waals surface area contributed by atoms with E-state index >= 15 is 0 Å². The highest BCUT2D eigenvalue weighted by molar-refractivity contribution is 7.20. The van der Waals surface area contributed by atoms with Crippen LogP contribution in [0.4, 0.5) is 0 Å². The third-order valence-corrected chi connectivity index (χ3v) is 6.11. The Bertz CT molecular complexity index is 1160. The van der Waals surface area contributed by atoms with Crippen LogP contribution in [0.3, 0.4) is 0 Å². The molecule has 3 aromatic heterocycles. The average Bonchev–Trinajstić information content (AvgIpc) is 3.32. The maximum atomic E-state index is 12.6. The number of aromatic nitrogens is 3. The monoisotopic (exact) mass is 415 g/mol. The molecule has 144 valence electrons. The SMILES string of the molecule is Cc1noc(C)c1COC(=O)c1cc2c(C)nn(Cc3ccccc3Cl)c2s1. The van der Waals surface area contributed by atoms with Crippen LogP contribution in [0.5, 0.6) is 0 Å². The smallest absolute Gasteiger partial charge is 0.348 e. The zero-order valence-corrected chi connectivity index (χ0v) is 17.2. The quantitative estimate of drug-likeness (QED) is 0.425. The lowest BCUT2D eigenvalue weighted by molar-refractivity contribution is 0.0477. The average molecular weight is 416 g/mol. The number of hydrogen-bond donors (Lipinski definition) is 0. The molecular weight excluding hydrogens is 398 g/mol. The van der Waals surface area contributed by atoms with E-state index in [0.717, 1.165) is 32.7 Å². The Morgan fingerprint density at radius 2 is 2.04 bits per heavy atom. The molecule has 8 heteroatoms. The van der Waals surface area contributed by atoms with E-state index in [1.54, 1.807) is 6.92 Å². The molecule has 0 aliphatic heterocycles. The van der Waals surface area contributed by atoms with Gasteiger partial charge in [0.15, 0.2) is 0 Å². The number of fused-ring (bicyclic) bond motifs is 1. The molecule has 0 fully saturated rings. The molecule has 28 heavy (non-hydrogen) atoms. The van der Waals surface area contributed by atoms with Crippen molar-refractivity contribution in [3.63, 3.8) is 0 Å². The first-order valence-electron chi connectivity index (χ1n) is 8.73. The zero-order chi connectivity index (χ0) is 19.8. The van der Waals surface area contributed by atoms with Crippen LogP contribution in [0.15, 0.2) is 34.9 Å². The Hall–Kier alpha value is -2.64. The first-order chi connectivity index (χ1) is 13.4. The van der Waals surface area contributed by atoms with Gasteiger partial charge in [-0.05, 0) is 38.5 Å². The topological polar surface area (TPSA) is 70.2 Å². The number of ether oxygens (including phenoxy) is 1. The summed E-state index contributed by atoms with van der Waals surface area (Å²) in [6, 6.07) is 9.50. The number of aryl methyl sites for hydroxylation is 3. The second-order valence-electron chi connectivity index (χ2n) is 6.54. The summed E-state index contributed by atoms with van der Waals surface area (Å²) < 4.78 is 12.5. The summed E-state index contributed by atoms with van der Waals surface area (Å²) in [5.41, 5.74) is 3.37. The maximum absolute atomic E-state index is 12.6. The third-order valence-electron chi connectivity index (χ3n) is 4.62. The highest BCUT2D eigenvalue weighted by Gasteiger charge is 2.19. The summed E-state index contributed by atoms with van der Waals surface area (Å²) >= 11 is 7.65. The van der Waals surface area contributed by atoms with E-state index in [-0.39, 0.29) is 12.6 Å². The van der Waals surface area contributed by atoms with Crippen LogP contribution < -0.4 is 0 Å². The van der Waals surface area contributed by atoms with E-state index in [1.807, 2.05) is 48.9 Å². The van der Waals surface area contributed by atoms with Crippen molar-refractivity contribution in [3.8, 4) is 0 Å². The van der Waals surface area contributed by atoms with E-state index < -0.39 is 0 Å². The Morgan fingerprint density at radius 3 is 2.75 bits per heavy atom. The highest BCUT2D eigenvalue weighted by Crippen LogP contribution is 2.30. The summed E-state index contributed by atoms with van der Waals surface area (Å²) in [5, 5.41) is 10.1. The minimum Gasteiger partial charge on any atom is -0.456 e. The Morgan fingerprint density at radius 1 is 1.25 bits per heavy atom. The standard InChI is InChI=1S/C20H18ClN3O3S/c1-11-15-8-18(20(25)26-10-16-12(2)23-27-13(16)3)28-19(15)24(22-11)9-14-6-4-5-7-17(14)21/h4-8H,9-10H2,1-3H3. The summed E-state index contributed by atoms with van der Waals surface area (Å²) in [6.07, 6.45) is 0. The number of carbonyl (C=O) groups is 1. The van der Waals surface area contributed by atoms with Crippen LogP contribution >= 0.6 is 22.9 Å². The first kappa shape index (κ1) is 18.7. The van der Waals surface area contributed by atoms with Crippen molar-refractivity contribution in [2.45, 2.75) is 33.9 Å². The molecule has 0 atom stereocenters. The van der Waals surface area contributed by atoms with E-state index in [0.29, 0.717) is 22.2 Å². The van der Waals surface area contributed by atoms with Gasteiger partial charge in [0.05, 0.1) is 23.5 Å². The molecule has 0 N–H and O–H groups in total. The molecule has 0 amide bonds. The van der Waals surface area contributed by atoms with Gasteiger partial charge in [-0.3, -0.25) is 4.68 Å². The molecule has 0 saturated heterocycles. The second kappa shape index (κ2) is 7.41. The first-order valence-corrected chi connectivity index (χ1v) is 9.92. The maximum Gasteiger partial charge on any atom is 0.348 e. The lowest BCUT2D eigenvalue weighted by atomic mass is 10.2. The molecule has 0 radical (unpaired) electrons. The molecule has 0 aliphatic carbocycles. The number of halogens is 1. The van der Waals surface area contributed by atoms with Crippen molar-refractivity contribution in [3.05, 3.63) is 68.5 Å². The Labute approximate surface area is 170 Å². The minimum atomic E-state index is -0.370. The molecular formula is C20H18ClN3O3S. The van der Waals surface area contributed by atoms with Gasteiger partial charge in [-0.1, -0.05) is 35.0 Å². The van der Waals surface area contributed by atoms with Crippen molar-refractivity contribution in [2.24, 2.45) is 0 Å². The van der Waals surface area contributed by atoms with Crippen LogP contribution in [-0.2, 0) is 17.9 Å². The van der Waals surface area contributed by atoms with E-state index in [1.165, 1.54) is 11.3 Å². The molecule has 0 spiro atoms. The van der Waals surface area contributed by atoms with Gasteiger partial charge < -0.3 is 9.26 Å². The lowest BCUT2D eigenvalue weighted by Gasteiger charge is -2.05. The molecule has 6 nitrogen and oxygen atoms in total. The largest absolute Gasteiger partial charge is 0.456 e. The predicted molar refractivity (Wildman–Crippen MR) is 108 cm³/mol. The van der Waals surface area contributed by atoms with Crippen molar-refractivity contribution in [1.29, 1.82) is 0 Å². The highest BCUT2D eigenvalue weighted by atomic mass is 35.5. The minimum absolute atomic E-state index is 0.138. The molecule has 0 saturated carbocycles. The predicted octanol–water partition coefficient (Wildman–Crippen LogP) is 5.07. The molecule has 4 aromatic rings. The number of hydrogen-bond acceptors (Lipinski definition) is 6. The van der Waals surface area contributed by atoms with Crippen molar-refractivity contribution >= 4 is 39.1 Å². The van der Waals surface area contributed by atoms with Crippen molar-refractivity contribution in [1.82, 2.24) is 14.9 Å². The number of thiophene rings is 1. The van der Waals surface area contributed by atoms with E-state index in [9.17, 15) is 4.79 Å². The van der Waals surface area contributed by atoms with Crippen LogP contribution in [0.1, 0.15) is 37.9 Å². The fourth-order valence-corrected chi connectivity index (χ4v) is 4.28. The third kappa shape index (κ3) is 3.43. The van der Waals surface area contributed by atoms with Crippen molar-refractivity contribution in [2.75, 3.05) is 0 Å². The van der Waals surface area contributed by atoms with Crippen LogP contribution in [-0.4, -0.2) is 20.9 Å². The fraction of sp³-hybridized carbons (Fsp3) is 0.250. The van der Waals surface area contributed by atoms with Gasteiger partial charge in [-0.15, -0.1) is 11.3 Å². The van der Waals surface area contributed by atoms with Gasteiger partial charge >= 0.3 is 5.97 Å².